The van der Waals surface area contributed by atoms with E-state index in [0.717, 1.165) is 89.9 Å². The van der Waals surface area contributed by atoms with Crippen LogP contribution in [0, 0.1) is 0 Å². The highest BCUT2D eigenvalue weighted by molar-refractivity contribution is 7.45. The van der Waals surface area contributed by atoms with E-state index < -0.39 is 26.6 Å². The third kappa shape index (κ3) is 45.4. The van der Waals surface area contributed by atoms with Crippen molar-refractivity contribution >= 4 is 13.7 Å². The smallest absolute Gasteiger partial charge is 0.268 e. The van der Waals surface area contributed by atoms with E-state index >= 15 is 0 Å². The zero-order chi connectivity index (χ0) is 45.7. The maximum atomic E-state index is 12.9. The summed E-state index contributed by atoms with van der Waals surface area (Å²) < 4.78 is 23.2. The molecule has 0 aliphatic carbocycles. The van der Waals surface area contributed by atoms with Gasteiger partial charge in [-0.15, -0.1) is 0 Å². The molecule has 8 nitrogen and oxygen atoms in total. The Balaban J connectivity index is 4.45. The monoisotopic (exact) mass is 885 g/mol. The Morgan fingerprint density at radius 2 is 1.00 bits per heavy atom. The second kappa shape index (κ2) is 43.7. The molecule has 0 rings (SSSR count). The Kier molecular flexibility index (Phi) is 41.8. The summed E-state index contributed by atoms with van der Waals surface area (Å²) in [5, 5.41) is 13.8. The zero-order valence-corrected chi connectivity index (χ0v) is 41.2. The van der Waals surface area contributed by atoms with E-state index in [1.54, 1.807) is 6.08 Å². The van der Waals surface area contributed by atoms with Crippen molar-refractivity contribution in [1.82, 2.24) is 5.32 Å². The highest BCUT2D eigenvalue weighted by atomic mass is 31.2. The lowest BCUT2D eigenvalue weighted by Crippen LogP contribution is -2.45. The minimum Gasteiger partial charge on any atom is -0.756 e. The first-order valence-corrected chi connectivity index (χ1v) is 26.1. The lowest BCUT2D eigenvalue weighted by Gasteiger charge is -2.29. The molecule has 0 aromatic rings. The highest BCUT2D eigenvalue weighted by Gasteiger charge is 2.23. The van der Waals surface area contributed by atoms with Gasteiger partial charge in [0.1, 0.15) is 13.2 Å². The topological polar surface area (TPSA) is 108 Å². The summed E-state index contributed by atoms with van der Waals surface area (Å²) in [7, 11) is 1.21. The highest BCUT2D eigenvalue weighted by Crippen LogP contribution is 2.38. The standard InChI is InChI=1S/C53H93N2O6P/c1-6-8-10-12-14-16-18-20-22-24-25-26-27-28-29-31-33-35-37-39-41-43-45-47-53(57)54-51(50-61-62(58,59)60-49-48-55(3,4)5)52(56)46-44-42-40-38-36-34-32-30-23-21-19-17-15-13-11-9-7-2/h8,10,14,16,20,22-23,25-26,28-30,36,38,44,46,51-52,56H,6-7,9,11-13,15,17-19,21,24,27,31-35,37,39-43,45,47-50H2,1-5H3,(H-,54,57,58,59)/b10-8-,16-14-,22-20-,26-25-,29-28-,30-23+,38-36+,46-44+. The van der Waals surface area contributed by atoms with E-state index in [1.807, 2.05) is 27.2 Å². The molecular weight excluding hydrogens is 792 g/mol. The van der Waals surface area contributed by atoms with Crippen LogP contribution in [0.4, 0.5) is 0 Å². The molecule has 1 amide bonds. The number of phosphoric ester groups is 1. The molecule has 3 unspecified atom stereocenters. The SMILES string of the molecule is CC/C=C\C/C=C\C/C=C\C/C=C\C/C=C\CCCCCCCCCC(=O)NC(COP(=O)([O-])OCC[N+](C)(C)C)C(O)/C=C/CC/C=C/CC/C=C/CCCCCCCCC. The van der Waals surface area contributed by atoms with E-state index in [9.17, 15) is 19.4 Å². The lowest BCUT2D eigenvalue weighted by atomic mass is 10.1. The fraction of sp³-hybridized carbons (Fsp3) is 0.679. The first-order valence-electron chi connectivity index (χ1n) is 24.6. The van der Waals surface area contributed by atoms with Crippen LogP contribution in [0.5, 0.6) is 0 Å². The molecular formula is C53H93N2O6P. The summed E-state index contributed by atoms with van der Waals surface area (Å²) in [6.07, 6.45) is 61.7. The van der Waals surface area contributed by atoms with Gasteiger partial charge in [0.05, 0.1) is 39.9 Å². The van der Waals surface area contributed by atoms with Gasteiger partial charge < -0.3 is 28.8 Å². The number of likely N-dealkylation sites (N-methyl/N-ethyl adjacent to an activating group) is 1. The Morgan fingerprint density at radius 3 is 1.50 bits per heavy atom. The quantitative estimate of drug-likeness (QED) is 0.0273. The molecule has 0 bridgehead atoms. The number of carbonyl (C=O) groups excluding carboxylic acids is 1. The van der Waals surface area contributed by atoms with Crippen molar-refractivity contribution in [2.75, 3.05) is 40.9 Å². The number of rotatable bonds is 43. The summed E-state index contributed by atoms with van der Waals surface area (Å²) in [6.45, 7) is 4.47. The maximum Gasteiger partial charge on any atom is 0.268 e. The Bertz CT molecular complexity index is 1330. The molecule has 356 valence electrons. The lowest BCUT2D eigenvalue weighted by molar-refractivity contribution is -0.870. The summed E-state index contributed by atoms with van der Waals surface area (Å²) in [5.74, 6) is -0.228. The molecule has 0 saturated heterocycles. The molecule has 0 aromatic heterocycles. The summed E-state index contributed by atoms with van der Waals surface area (Å²) in [6, 6.07) is -0.922. The number of aliphatic hydroxyl groups is 1. The van der Waals surface area contributed by atoms with E-state index in [0.29, 0.717) is 17.4 Å². The number of phosphoric acid groups is 1. The van der Waals surface area contributed by atoms with Crippen LogP contribution in [0.1, 0.15) is 181 Å². The number of carbonyl (C=O) groups is 1. The number of allylic oxidation sites excluding steroid dienone is 15. The van der Waals surface area contributed by atoms with Crippen molar-refractivity contribution in [3.05, 3.63) is 97.2 Å². The zero-order valence-electron chi connectivity index (χ0n) is 40.3. The molecule has 9 heteroatoms. The number of unbranched alkanes of at least 4 members (excludes halogenated alkanes) is 16. The van der Waals surface area contributed by atoms with Gasteiger partial charge in [-0.3, -0.25) is 9.36 Å². The largest absolute Gasteiger partial charge is 0.756 e. The molecule has 0 saturated carbocycles. The molecule has 0 aromatic carbocycles. The number of aliphatic hydroxyl groups excluding tert-OH is 1. The number of hydrogen-bond donors (Lipinski definition) is 2. The fourth-order valence-corrected chi connectivity index (χ4v) is 7.11. The predicted octanol–water partition coefficient (Wildman–Crippen LogP) is 13.7. The number of hydrogen-bond acceptors (Lipinski definition) is 6. The van der Waals surface area contributed by atoms with Crippen molar-refractivity contribution in [3.63, 3.8) is 0 Å². The van der Waals surface area contributed by atoms with E-state index in [4.69, 9.17) is 9.05 Å². The third-order valence-corrected chi connectivity index (χ3v) is 11.2. The average Bonchev–Trinajstić information content (AvgIpc) is 3.23. The molecule has 62 heavy (non-hydrogen) atoms. The van der Waals surface area contributed by atoms with Crippen LogP contribution in [-0.2, 0) is 18.4 Å². The number of nitrogens with zero attached hydrogens (tertiary/aromatic N) is 1. The third-order valence-electron chi connectivity index (χ3n) is 10.3. The van der Waals surface area contributed by atoms with Crippen LogP contribution >= 0.6 is 7.82 Å². The van der Waals surface area contributed by atoms with Crippen molar-refractivity contribution in [2.24, 2.45) is 0 Å². The van der Waals surface area contributed by atoms with Gasteiger partial charge in [-0.05, 0) is 89.9 Å². The minimum atomic E-state index is -4.61. The average molecular weight is 885 g/mol. The van der Waals surface area contributed by atoms with Crippen LogP contribution in [0.15, 0.2) is 97.2 Å². The van der Waals surface area contributed by atoms with Gasteiger partial charge in [0.15, 0.2) is 0 Å². The second-order valence-electron chi connectivity index (χ2n) is 17.4. The Hall–Kier alpha value is -2.58. The van der Waals surface area contributed by atoms with Gasteiger partial charge in [-0.25, -0.2) is 0 Å². The second-order valence-corrected chi connectivity index (χ2v) is 18.8. The summed E-state index contributed by atoms with van der Waals surface area (Å²) in [4.78, 5) is 25.4. The Morgan fingerprint density at radius 1 is 0.581 bits per heavy atom. The van der Waals surface area contributed by atoms with Gasteiger partial charge in [0, 0.05) is 6.42 Å². The van der Waals surface area contributed by atoms with Gasteiger partial charge in [-0.2, -0.15) is 0 Å². The van der Waals surface area contributed by atoms with Crippen molar-refractivity contribution in [1.29, 1.82) is 0 Å². The number of quaternary nitrogens is 1. The molecule has 0 fully saturated rings. The molecule has 0 aliphatic heterocycles. The van der Waals surface area contributed by atoms with Crippen LogP contribution in [-0.4, -0.2) is 68.5 Å². The molecule has 0 aliphatic rings. The molecule has 0 heterocycles. The molecule has 0 radical (unpaired) electrons. The van der Waals surface area contributed by atoms with Gasteiger partial charge >= 0.3 is 0 Å². The molecule has 3 atom stereocenters. The van der Waals surface area contributed by atoms with Gasteiger partial charge in [-0.1, -0.05) is 182 Å². The Labute approximate surface area is 381 Å². The fourth-order valence-electron chi connectivity index (χ4n) is 6.39. The predicted molar refractivity (Wildman–Crippen MR) is 265 cm³/mol. The van der Waals surface area contributed by atoms with Crippen molar-refractivity contribution < 1.29 is 32.9 Å². The minimum absolute atomic E-state index is 0.0167. The van der Waals surface area contributed by atoms with E-state index in [1.165, 1.54) is 70.6 Å². The van der Waals surface area contributed by atoms with E-state index in [-0.39, 0.29) is 12.5 Å². The van der Waals surface area contributed by atoms with Gasteiger partial charge in [0.25, 0.3) is 7.82 Å². The number of nitrogens with one attached hydrogen (secondary N) is 1. The number of amides is 1. The summed E-state index contributed by atoms with van der Waals surface area (Å²) >= 11 is 0. The first kappa shape index (κ1) is 59.4. The maximum absolute atomic E-state index is 12.9. The molecule has 2 N–H and O–H groups in total. The first-order chi connectivity index (χ1) is 30.0. The summed E-state index contributed by atoms with van der Waals surface area (Å²) in [5.41, 5.74) is 0. The van der Waals surface area contributed by atoms with Crippen LogP contribution < -0.4 is 10.2 Å². The van der Waals surface area contributed by atoms with Crippen molar-refractivity contribution in [3.8, 4) is 0 Å². The molecule has 0 spiro atoms. The van der Waals surface area contributed by atoms with Crippen LogP contribution in [0.3, 0.4) is 0 Å². The van der Waals surface area contributed by atoms with Crippen LogP contribution in [0.2, 0.25) is 0 Å². The van der Waals surface area contributed by atoms with Gasteiger partial charge in [0.2, 0.25) is 5.91 Å². The normalized spacial score (nSPS) is 15.0. The van der Waals surface area contributed by atoms with Crippen molar-refractivity contribution in [2.45, 2.75) is 193 Å². The van der Waals surface area contributed by atoms with Crippen LogP contribution in [0.25, 0.3) is 0 Å². The van der Waals surface area contributed by atoms with E-state index in [2.05, 4.69) is 104 Å².